The van der Waals surface area contributed by atoms with E-state index in [9.17, 15) is 14.4 Å². The van der Waals surface area contributed by atoms with E-state index in [2.05, 4.69) is 20.9 Å². The number of H-pyrrole nitrogens is 1. The molecule has 3 aromatic rings. The third-order valence-electron chi connectivity index (χ3n) is 3.69. The summed E-state index contributed by atoms with van der Waals surface area (Å²) in [6.07, 6.45) is 0. The molecule has 0 saturated heterocycles. The van der Waals surface area contributed by atoms with Gasteiger partial charge in [-0.15, -0.1) is 11.8 Å². The summed E-state index contributed by atoms with van der Waals surface area (Å²) in [5.74, 6) is 0.835. The second kappa shape index (κ2) is 7.30. The van der Waals surface area contributed by atoms with Gasteiger partial charge in [-0.25, -0.2) is 4.39 Å². The predicted octanol–water partition coefficient (Wildman–Crippen LogP) is 4.60. The summed E-state index contributed by atoms with van der Waals surface area (Å²) in [5.41, 5.74) is 0.481. The van der Waals surface area contributed by atoms with Crippen molar-refractivity contribution < 1.29 is 9.13 Å². The number of hydrogen-bond acceptors (Lipinski definition) is 4. The molecule has 0 atom stereocenters. The van der Waals surface area contributed by atoms with Gasteiger partial charge in [0.2, 0.25) is 0 Å². The van der Waals surface area contributed by atoms with Gasteiger partial charge in [0.25, 0.3) is 5.56 Å². The van der Waals surface area contributed by atoms with Gasteiger partial charge < -0.3 is 9.72 Å². The highest BCUT2D eigenvalue weighted by atomic mass is 79.9. The molecular weight excluding hydrogens is 407 g/mol. The van der Waals surface area contributed by atoms with Crippen LogP contribution in [0.15, 0.2) is 50.7 Å². The fraction of sp³-hybridized carbons (Fsp3) is 0.111. The van der Waals surface area contributed by atoms with Gasteiger partial charge in [0.15, 0.2) is 0 Å². The van der Waals surface area contributed by atoms with Gasteiger partial charge >= 0.3 is 0 Å². The zero-order valence-corrected chi connectivity index (χ0v) is 15.5. The van der Waals surface area contributed by atoms with Crippen LogP contribution in [-0.2, 0) is 5.75 Å². The van der Waals surface area contributed by atoms with Crippen LogP contribution in [0.2, 0.25) is 0 Å². The Kier molecular flexibility index (Phi) is 5.11. The van der Waals surface area contributed by atoms with Crippen LogP contribution in [-0.4, -0.2) is 12.1 Å². The fourth-order valence-electron chi connectivity index (χ4n) is 2.44. The lowest BCUT2D eigenvalue weighted by molar-refractivity contribution is 0.414. The zero-order valence-electron chi connectivity index (χ0n) is 13.1. The zero-order chi connectivity index (χ0) is 18.0. The lowest BCUT2D eigenvalue weighted by Crippen LogP contribution is -2.11. The smallest absolute Gasteiger partial charge is 0.267 e. The number of nitrogens with zero attached hydrogens (tertiary/aromatic N) is 1. The number of hydrogen-bond donors (Lipinski definition) is 1. The van der Waals surface area contributed by atoms with Gasteiger partial charge in [-0.2, -0.15) is 5.26 Å². The van der Waals surface area contributed by atoms with Crippen molar-refractivity contribution in [3.63, 3.8) is 0 Å². The van der Waals surface area contributed by atoms with E-state index >= 15 is 0 Å². The number of aromatic amines is 1. The number of methoxy groups -OCH3 is 1. The van der Waals surface area contributed by atoms with Crippen molar-refractivity contribution in [2.45, 2.75) is 10.8 Å². The van der Waals surface area contributed by atoms with Crippen LogP contribution in [0, 0.1) is 17.1 Å². The number of nitrogens with one attached hydrogen (secondary N) is 1. The van der Waals surface area contributed by atoms with E-state index in [1.165, 1.54) is 30.0 Å². The number of halogens is 2. The molecular formula is C18H12BrFN2O2S. The monoisotopic (exact) mass is 418 g/mol. The van der Waals surface area contributed by atoms with Crippen LogP contribution in [0.25, 0.3) is 10.8 Å². The van der Waals surface area contributed by atoms with Gasteiger partial charge in [-0.05, 0) is 42.0 Å². The lowest BCUT2D eigenvalue weighted by Gasteiger charge is -2.10. The first kappa shape index (κ1) is 17.5. The third kappa shape index (κ3) is 3.55. The SMILES string of the molecule is COc1ccc(Br)c(CSc2[nH]c(=O)c(C#N)c3ccc(F)cc23)c1. The van der Waals surface area contributed by atoms with Crippen molar-refractivity contribution in [3.05, 3.63) is 68.2 Å². The largest absolute Gasteiger partial charge is 0.497 e. The maximum Gasteiger partial charge on any atom is 0.267 e. The van der Waals surface area contributed by atoms with Crippen molar-refractivity contribution in [3.8, 4) is 11.8 Å². The Labute approximate surface area is 155 Å². The van der Waals surface area contributed by atoms with Gasteiger partial charge in [0, 0.05) is 21.0 Å². The standard InChI is InChI=1S/C18H12BrFN2O2S/c1-24-12-3-5-16(19)10(6-12)9-25-18-14-7-11(20)2-4-13(14)15(8-21)17(23)22-18/h2-7H,9H2,1H3,(H,22,23). The molecule has 3 rings (SSSR count). The summed E-state index contributed by atoms with van der Waals surface area (Å²) in [4.78, 5) is 14.8. The van der Waals surface area contributed by atoms with E-state index in [1.54, 1.807) is 7.11 Å². The Morgan fingerprint density at radius 2 is 2.08 bits per heavy atom. The average Bonchev–Trinajstić information content (AvgIpc) is 2.61. The van der Waals surface area contributed by atoms with Gasteiger partial charge in [-0.1, -0.05) is 15.9 Å². The molecule has 1 aromatic heterocycles. The molecule has 0 bridgehead atoms. The minimum absolute atomic E-state index is 0.0121. The van der Waals surface area contributed by atoms with E-state index in [-0.39, 0.29) is 5.56 Å². The number of nitriles is 1. The Morgan fingerprint density at radius 1 is 1.28 bits per heavy atom. The Hall–Kier alpha value is -2.30. The summed E-state index contributed by atoms with van der Waals surface area (Å²) in [6, 6.07) is 11.5. The van der Waals surface area contributed by atoms with Crippen LogP contribution >= 0.6 is 27.7 Å². The molecule has 7 heteroatoms. The van der Waals surface area contributed by atoms with Crippen molar-refractivity contribution in [2.24, 2.45) is 0 Å². The lowest BCUT2D eigenvalue weighted by atomic mass is 10.1. The predicted molar refractivity (Wildman–Crippen MR) is 99.5 cm³/mol. The van der Waals surface area contributed by atoms with Crippen LogP contribution in [0.1, 0.15) is 11.1 Å². The molecule has 4 nitrogen and oxygen atoms in total. The molecule has 0 aliphatic carbocycles. The summed E-state index contributed by atoms with van der Waals surface area (Å²) in [7, 11) is 1.59. The highest BCUT2D eigenvalue weighted by molar-refractivity contribution is 9.10. The average molecular weight is 419 g/mol. The summed E-state index contributed by atoms with van der Waals surface area (Å²) >= 11 is 4.85. The van der Waals surface area contributed by atoms with E-state index in [4.69, 9.17) is 4.74 Å². The maximum absolute atomic E-state index is 13.7. The van der Waals surface area contributed by atoms with Crippen LogP contribution in [0.3, 0.4) is 0 Å². The van der Waals surface area contributed by atoms with E-state index in [1.807, 2.05) is 24.3 Å². The molecule has 2 aromatic carbocycles. The highest BCUT2D eigenvalue weighted by Crippen LogP contribution is 2.32. The molecule has 0 aliphatic heterocycles. The Morgan fingerprint density at radius 3 is 2.80 bits per heavy atom. The second-order valence-electron chi connectivity index (χ2n) is 5.21. The maximum atomic E-state index is 13.7. The molecule has 25 heavy (non-hydrogen) atoms. The first-order valence-corrected chi connectivity index (χ1v) is 9.02. The minimum atomic E-state index is -0.478. The van der Waals surface area contributed by atoms with Crippen molar-refractivity contribution in [1.82, 2.24) is 4.98 Å². The topological polar surface area (TPSA) is 65.9 Å². The fourth-order valence-corrected chi connectivity index (χ4v) is 4.04. The number of thioether (sulfide) groups is 1. The molecule has 0 aliphatic rings. The van der Waals surface area contributed by atoms with Crippen molar-refractivity contribution in [1.29, 1.82) is 5.26 Å². The Bertz CT molecular complexity index is 1060. The number of pyridine rings is 1. The number of ether oxygens (including phenoxy) is 1. The van der Waals surface area contributed by atoms with Crippen molar-refractivity contribution >= 4 is 38.5 Å². The molecule has 0 saturated carbocycles. The summed E-state index contributed by atoms with van der Waals surface area (Å²) in [6.45, 7) is 0. The first-order valence-electron chi connectivity index (χ1n) is 7.24. The first-order chi connectivity index (χ1) is 12.0. The molecule has 0 unspecified atom stereocenters. The summed E-state index contributed by atoms with van der Waals surface area (Å²) in [5, 5.41) is 10.7. The molecule has 0 amide bonds. The van der Waals surface area contributed by atoms with Gasteiger partial charge in [0.1, 0.15) is 23.2 Å². The number of aromatic nitrogens is 1. The number of rotatable bonds is 4. The van der Waals surface area contributed by atoms with Crippen LogP contribution in [0.4, 0.5) is 4.39 Å². The van der Waals surface area contributed by atoms with Gasteiger partial charge in [0.05, 0.1) is 12.1 Å². The van der Waals surface area contributed by atoms with Crippen LogP contribution < -0.4 is 10.3 Å². The molecule has 1 heterocycles. The minimum Gasteiger partial charge on any atom is -0.497 e. The van der Waals surface area contributed by atoms with Crippen molar-refractivity contribution in [2.75, 3.05) is 7.11 Å². The highest BCUT2D eigenvalue weighted by Gasteiger charge is 2.13. The van der Waals surface area contributed by atoms with Crippen LogP contribution in [0.5, 0.6) is 5.75 Å². The summed E-state index contributed by atoms with van der Waals surface area (Å²) < 4.78 is 19.8. The van der Waals surface area contributed by atoms with E-state index in [0.717, 1.165) is 15.8 Å². The number of benzene rings is 2. The molecule has 0 spiro atoms. The molecule has 0 fully saturated rings. The van der Waals surface area contributed by atoms with E-state index in [0.29, 0.717) is 21.6 Å². The molecule has 1 N–H and O–H groups in total. The number of fused-ring (bicyclic) bond motifs is 1. The second-order valence-corrected chi connectivity index (χ2v) is 7.05. The van der Waals surface area contributed by atoms with Gasteiger partial charge in [-0.3, -0.25) is 4.79 Å². The Balaban J connectivity index is 2.04. The van der Waals surface area contributed by atoms with E-state index < -0.39 is 11.4 Å². The third-order valence-corrected chi connectivity index (χ3v) is 5.53. The quantitative estimate of drug-likeness (QED) is 0.628. The molecule has 126 valence electrons. The normalized spacial score (nSPS) is 10.6. The molecule has 0 radical (unpaired) electrons.